The number of benzene rings is 1. The van der Waals surface area contributed by atoms with Crippen molar-refractivity contribution in [2.45, 2.75) is 18.8 Å². The Labute approximate surface area is 123 Å². The lowest BCUT2D eigenvalue weighted by atomic mass is 10.1. The molecule has 1 heterocycles. The molecule has 2 aromatic rings. The van der Waals surface area contributed by atoms with Crippen molar-refractivity contribution in [1.82, 2.24) is 9.55 Å². The Hall–Kier alpha value is -2.27. The normalized spacial score (nSPS) is 14.0. The molecule has 0 saturated carbocycles. The zero-order valence-corrected chi connectivity index (χ0v) is 11.5. The maximum Gasteiger partial charge on any atom is 0.206 e. The first-order chi connectivity index (χ1) is 10.0. The molecule has 0 aliphatic rings. The highest BCUT2D eigenvalue weighted by Crippen LogP contribution is 2.49. The van der Waals surface area contributed by atoms with Crippen LogP contribution in [0, 0.1) is 6.10 Å². The van der Waals surface area contributed by atoms with E-state index >= 15 is 0 Å². The van der Waals surface area contributed by atoms with E-state index in [2.05, 4.69) is 4.98 Å². The van der Waals surface area contributed by atoms with Gasteiger partial charge < -0.3 is 45.4 Å². The van der Waals surface area contributed by atoms with Crippen LogP contribution in [-0.2, 0) is 12.8 Å². The van der Waals surface area contributed by atoms with Crippen molar-refractivity contribution in [3.05, 3.63) is 11.9 Å². The zero-order chi connectivity index (χ0) is 17.0. The number of aryl methyl sites for hydroxylation is 1. The van der Waals surface area contributed by atoms with Crippen molar-refractivity contribution in [3.8, 4) is 23.0 Å². The zero-order valence-electron chi connectivity index (χ0n) is 11.5. The molecule has 1 aromatic carbocycles. The monoisotopic (exact) mass is 315 g/mol. The van der Waals surface area contributed by atoms with Crippen LogP contribution < -0.4 is 0 Å². The van der Waals surface area contributed by atoms with Crippen LogP contribution in [0.4, 0.5) is 0 Å². The van der Waals surface area contributed by atoms with E-state index in [0.717, 1.165) is 11.5 Å². The molecular formula is C12H15N2O8-. The summed E-state index contributed by atoms with van der Waals surface area (Å²) in [7, 11) is 1.19. The van der Waals surface area contributed by atoms with Crippen molar-refractivity contribution in [2.24, 2.45) is 7.05 Å². The second-order valence-electron chi connectivity index (χ2n) is 4.82. The fourth-order valence-electron chi connectivity index (χ4n) is 2.10. The number of rotatable bonds is 3. The number of phenolic OH excluding ortho intramolecular Hbond substituents is 4. The Morgan fingerprint density at radius 1 is 1.05 bits per heavy atom. The topological polar surface area (TPSA) is 180 Å². The van der Waals surface area contributed by atoms with Crippen LogP contribution in [0.1, 0.15) is 12.7 Å². The summed E-state index contributed by atoms with van der Waals surface area (Å²) < 4.78 is 0.863. The minimum absolute atomic E-state index is 0.325. The average molecular weight is 315 g/mol. The Kier molecular flexibility index (Phi) is 3.57. The molecule has 0 spiro atoms. The molecule has 0 fully saturated rings. The molecule has 122 valence electrons. The van der Waals surface area contributed by atoms with Gasteiger partial charge in [0.2, 0.25) is 11.5 Å². The molecule has 0 saturated heterocycles. The van der Waals surface area contributed by atoms with Crippen molar-refractivity contribution in [3.63, 3.8) is 0 Å². The molecule has 2 rings (SSSR count). The molecule has 0 radical (unpaired) electrons. The summed E-state index contributed by atoms with van der Waals surface area (Å²) in [6, 6.07) is 0. The number of hydrogen-bond acceptors (Lipinski definition) is 9. The van der Waals surface area contributed by atoms with E-state index in [9.17, 15) is 40.9 Å². The van der Waals surface area contributed by atoms with Crippen LogP contribution in [0.25, 0.3) is 11.0 Å². The van der Waals surface area contributed by atoms with Gasteiger partial charge in [-0.15, -0.1) is 6.10 Å². The van der Waals surface area contributed by atoms with Crippen molar-refractivity contribution in [1.29, 1.82) is 0 Å². The minimum atomic E-state index is -3.11. The Bertz CT molecular complexity index is 737. The van der Waals surface area contributed by atoms with Gasteiger partial charge in [0.05, 0.1) is 0 Å². The van der Waals surface area contributed by atoms with Gasteiger partial charge >= 0.3 is 0 Å². The van der Waals surface area contributed by atoms with E-state index in [4.69, 9.17) is 0 Å². The summed E-state index contributed by atoms with van der Waals surface area (Å²) in [4.78, 5) is 3.64. The van der Waals surface area contributed by atoms with E-state index in [0.29, 0.717) is 0 Å². The summed E-state index contributed by atoms with van der Waals surface area (Å²) in [5.41, 5.74) is -0.773. The van der Waals surface area contributed by atoms with Gasteiger partial charge in [0.1, 0.15) is 22.6 Å². The third-order valence-corrected chi connectivity index (χ3v) is 3.28. The molecule has 10 nitrogen and oxygen atoms in total. The van der Waals surface area contributed by atoms with Crippen LogP contribution in [-0.4, -0.2) is 56.5 Å². The van der Waals surface area contributed by atoms with Crippen molar-refractivity contribution >= 4 is 11.0 Å². The van der Waals surface area contributed by atoms with E-state index in [1.165, 1.54) is 7.05 Å². The molecule has 1 aromatic heterocycles. The summed E-state index contributed by atoms with van der Waals surface area (Å²) >= 11 is 0. The molecule has 0 aliphatic carbocycles. The fourth-order valence-corrected chi connectivity index (χ4v) is 2.10. The number of aliphatic hydroxyl groups excluding tert-OH is 2. The maximum absolute atomic E-state index is 9.96. The Morgan fingerprint density at radius 3 is 2.05 bits per heavy atom. The summed E-state index contributed by atoms with van der Waals surface area (Å²) in [5.74, 6) is -7.61. The SMILES string of the molecule is CC(O)[C-](O)C(O)(O)c1nc2c(O)c(O)c(O)c(O)c2n1C. The van der Waals surface area contributed by atoms with Crippen LogP contribution in [0.2, 0.25) is 0 Å². The highest BCUT2D eigenvalue weighted by molar-refractivity contribution is 5.93. The van der Waals surface area contributed by atoms with E-state index in [-0.39, 0.29) is 5.52 Å². The standard InChI is InChI=1S/C12H15N2O8/c1-3(15)10(20)12(21,22)11-13-4-5(14(11)2)7(17)9(19)8(18)6(4)16/h3,15-22H,1-2H3/q-1. The number of imidazole rings is 1. The quantitative estimate of drug-likeness (QED) is 0.150. The predicted octanol–water partition coefficient (Wildman–Crippen LogP) is -1.18. The van der Waals surface area contributed by atoms with Gasteiger partial charge in [-0.25, -0.2) is 4.98 Å². The van der Waals surface area contributed by atoms with Crippen molar-refractivity contribution in [2.75, 3.05) is 0 Å². The van der Waals surface area contributed by atoms with Gasteiger partial charge in [0.25, 0.3) is 0 Å². The number of aliphatic hydroxyl groups is 4. The lowest BCUT2D eigenvalue weighted by Crippen LogP contribution is -2.41. The largest absolute Gasteiger partial charge is 0.555 e. The van der Waals surface area contributed by atoms with Gasteiger partial charge in [-0.1, -0.05) is 6.92 Å². The maximum atomic E-state index is 9.96. The first kappa shape index (κ1) is 16.1. The Morgan fingerprint density at radius 2 is 1.55 bits per heavy atom. The summed E-state index contributed by atoms with van der Waals surface area (Å²) in [5, 5.41) is 77.3. The number of aromatic hydroxyl groups is 4. The van der Waals surface area contributed by atoms with Gasteiger partial charge in [-0.2, -0.15) is 0 Å². The van der Waals surface area contributed by atoms with Crippen molar-refractivity contribution < 1.29 is 40.9 Å². The number of aromatic nitrogens is 2. The van der Waals surface area contributed by atoms with Gasteiger partial charge in [-0.3, -0.25) is 0 Å². The number of nitrogens with zero attached hydrogens (tertiary/aromatic N) is 2. The van der Waals surface area contributed by atoms with Crippen LogP contribution in [0.5, 0.6) is 23.0 Å². The number of phenols is 4. The highest BCUT2D eigenvalue weighted by atomic mass is 16.5. The molecule has 1 atom stereocenters. The molecule has 8 N–H and O–H groups in total. The molecule has 0 bridgehead atoms. The first-order valence-corrected chi connectivity index (χ1v) is 6.03. The van der Waals surface area contributed by atoms with E-state index < -0.39 is 52.3 Å². The van der Waals surface area contributed by atoms with Crippen LogP contribution in [0.3, 0.4) is 0 Å². The molecule has 0 amide bonds. The van der Waals surface area contributed by atoms with Gasteiger partial charge in [0.15, 0.2) is 11.5 Å². The third kappa shape index (κ3) is 2.01. The molecular weight excluding hydrogens is 300 g/mol. The fraction of sp³-hybridized carbons (Fsp3) is 0.333. The molecule has 10 heteroatoms. The number of fused-ring (bicyclic) bond motifs is 1. The van der Waals surface area contributed by atoms with E-state index in [1.807, 2.05) is 0 Å². The predicted molar refractivity (Wildman–Crippen MR) is 70.3 cm³/mol. The lowest BCUT2D eigenvalue weighted by Gasteiger charge is -2.40. The summed E-state index contributed by atoms with van der Waals surface area (Å²) in [6.45, 7) is 1.08. The van der Waals surface area contributed by atoms with Gasteiger partial charge in [-0.05, 0) is 6.10 Å². The average Bonchev–Trinajstić information content (AvgIpc) is 2.80. The number of hydrogen-bond donors (Lipinski definition) is 8. The minimum Gasteiger partial charge on any atom is -0.555 e. The van der Waals surface area contributed by atoms with Crippen LogP contribution in [0.15, 0.2) is 0 Å². The second kappa shape index (κ2) is 4.88. The van der Waals surface area contributed by atoms with Gasteiger partial charge in [0, 0.05) is 7.05 Å². The lowest BCUT2D eigenvalue weighted by molar-refractivity contribution is -0.212. The second-order valence-corrected chi connectivity index (χ2v) is 4.82. The smallest absolute Gasteiger partial charge is 0.206 e. The van der Waals surface area contributed by atoms with Crippen LogP contribution >= 0.6 is 0 Å². The first-order valence-electron chi connectivity index (χ1n) is 6.03. The molecule has 22 heavy (non-hydrogen) atoms. The van der Waals surface area contributed by atoms with E-state index in [1.54, 1.807) is 0 Å². The summed E-state index contributed by atoms with van der Waals surface area (Å²) in [6.07, 6.45) is -2.75. The molecule has 1 unspecified atom stereocenters. The third-order valence-electron chi connectivity index (χ3n) is 3.28. The Balaban J connectivity index is 2.82. The highest BCUT2D eigenvalue weighted by Gasteiger charge is 2.34. The molecule has 0 aliphatic heterocycles.